The van der Waals surface area contributed by atoms with E-state index in [4.69, 9.17) is 27.9 Å². The lowest BCUT2D eigenvalue weighted by Gasteiger charge is -2.12. The van der Waals surface area contributed by atoms with Crippen LogP contribution in [0, 0.1) is 0 Å². The van der Waals surface area contributed by atoms with E-state index in [0.29, 0.717) is 17.0 Å². The van der Waals surface area contributed by atoms with Crippen LogP contribution in [0.25, 0.3) is 10.8 Å². The maximum Gasteiger partial charge on any atom is 0.256 e. The largest absolute Gasteiger partial charge is 0.496 e. The zero-order valence-electron chi connectivity index (χ0n) is 12.1. The third-order valence-corrected chi connectivity index (χ3v) is 4.01. The second-order valence-corrected chi connectivity index (χ2v) is 5.61. The zero-order valence-corrected chi connectivity index (χ0v) is 13.7. The van der Waals surface area contributed by atoms with Gasteiger partial charge in [-0.2, -0.15) is 0 Å². The number of carbonyl (C=O) groups is 1. The first-order chi connectivity index (χ1) is 11.1. The number of benzene rings is 2. The average molecular weight is 347 g/mol. The van der Waals surface area contributed by atoms with E-state index in [1.165, 1.54) is 12.4 Å². The van der Waals surface area contributed by atoms with Gasteiger partial charge in [-0.3, -0.25) is 9.78 Å². The van der Waals surface area contributed by atoms with Crippen LogP contribution >= 0.6 is 23.2 Å². The SMILES string of the molecule is COc1ccc(C(=O)Nc2c(Cl)cncc2Cl)c2ccccc12. The molecule has 0 unspecified atom stereocenters. The first-order valence-electron chi connectivity index (χ1n) is 6.78. The topological polar surface area (TPSA) is 51.2 Å². The second-order valence-electron chi connectivity index (χ2n) is 4.79. The molecular formula is C17H12Cl2N2O2. The van der Waals surface area contributed by atoms with Crippen molar-refractivity contribution in [3.8, 4) is 5.75 Å². The lowest BCUT2D eigenvalue weighted by molar-refractivity contribution is 0.102. The van der Waals surface area contributed by atoms with Crippen molar-refractivity contribution in [2.24, 2.45) is 0 Å². The van der Waals surface area contributed by atoms with E-state index in [1.807, 2.05) is 24.3 Å². The van der Waals surface area contributed by atoms with Gasteiger partial charge in [-0.05, 0) is 17.5 Å². The van der Waals surface area contributed by atoms with Crippen LogP contribution in [-0.2, 0) is 0 Å². The Kier molecular flexibility index (Phi) is 4.37. The molecule has 0 spiro atoms. The van der Waals surface area contributed by atoms with Gasteiger partial charge in [0, 0.05) is 23.3 Å². The molecule has 3 aromatic rings. The predicted molar refractivity (Wildman–Crippen MR) is 92.7 cm³/mol. The number of ether oxygens (including phenoxy) is 1. The van der Waals surface area contributed by atoms with Crippen molar-refractivity contribution in [3.63, 3.8) is 0 Å². The molecule has 0 saturated carbocycles. The Bertz CT molecular complexity index is 877. The summed E-state index contributed by atoms with van der Waals surface area (Å²) in [4.78, 5) is 16.5. The van der Waals surface area contributed by atoms with E-state index in [-0.39, 0.29) is 16.0 Å². The molecular weight excluding hydrogens is 335 g/mol. The molecule has 1 amide bonds. The molecule has 0 atom stereocenters. The number of amides is 1. The van der Waals surface area contributed by atoms with Crippen molar-refractivity contribution in [1.82, 2.24) is 4.98 Å². The molecule has 0 fully saturated rings. The van der Waals surface area contributed by atoms with E-state index < -0.39 is 0 Å². The van der Waals surface area contributed by atoms with Crippen LogP contribution in [0.15, 0.2) is 48.8 Å². The highest BCUT2D eigenvalue weighted by molar-refractivity contribution is 6.39. The lowest BCUT2D eigenvalue weighted by Crippen LogP contribution is -2.13. The Balaban J connectivity index is 2.05. The highest BCUT2D eigenvalue weighted by atomic mass is 35.5. The minimum Gasteiger partial charge on any atom is -0.496 e. The molecule has 1 heterocycles. The fourth-order valence-electron chi connectivity index (χ4n) is 2.36. The second kappa shape index (κ2) is 6.44. The maximum absolute atomic E-state index is 12.6. The van der Waals surface area contributed by atoms with Crippen LogP contribution in [0.3, 0.4) is 0 Å². The van der Waals surface area contributed by atoms with Crippen molar-refractivity contribution in [2.75, 3.05) is 12.4 Å². The summed E-state index contributed by atoms with van der Waals surface area (Å²) in [5.74, 6) is 0.399. The summed E-state index contributed by atoms with van der Waals surface area (Å²) >= 11 is 12.1. The van der Waals surface area contributed by atoms with Gasteiger partial charge in [0.25, 0.3) is 5.91 Å². The van der Waals surface area contributed by atoms with E-state index in [0.717, 1.165) is 10.8 Å². The molecule has 4 nitrogen and oxygen atoms in total. The minimum atomic E-state index is -0.307. The van der Waals surface area contributed by atoms with Crippen molar-refractivity contribution in [3.05, 3.63) is 64.4 Å². The van der Waals surface area contributed by atoms with E-state index in [2.05, 4.69) is 10.3 Å². The number of fused-ring (bicyclic) bond motifs is 1. The van der Waals surface area contributed by atoms with Crippen LogP contribution in [0.4, 0.5) is 5.69 Å². The summed E-state index contributed by atoms with van der Waals surface area (Å²) in [6.07, 6.45) is 2.85. The summed E-state index contributed by atoms with van der Waals surface area (Å²) in [7, 11) is 1.60. The number of halogens is 2. The third-order valence-electron chi connectivity index (χ3n) is 3.44. The van der Waals surface area contributed by atoms with Gasteiger partial charge in [0.05, 0.1) is 22.8 Å². The number of nitrogens with zero attached hydrogens (tertiary/aromatic N) is 1. The summed E-state index contributed by atoms with van der Waals surface area (Å²) < 4.78 is 5.34. The predicted octanol–water partition coefficient (Wildman–Crippen LogP) is 4.80. The normalized spacial score (nSPS) is 10.6. The number of anilines is 1. The Morgan fingerprint density at radius 2 is 1.70 bits per heavy atom. The summed E-state index contributed by atoms with van der Waals surface area (Å²) in [5, 5.41) is 4.94. The highest BCUT2D eigenvalue weighted by Crippen LogP contribution is 2.31. The smallest absolute Gasteiger partial charge is 0.256 e. The molecule has 23 heavy (non-hydrogen) atoms. The fourth-order valence-corrected chi connectivity index (χ4v) is 2.82. The van der Waals surface area contributed by atoms with Crippen LogP contribution in [-0.4, -0.2) is 18.0 Å². The molecule has 116 valence electrons. The van der Waals surface area contributed by atoms with Crippen molar-refractivity contribution in [2.45, 2.75) is 0 Å². The molecule has 0 aliphatic heterocycles. The van der Waals surface area contributed by atoms with Crippen LogP contribution in [0.2, 0.25) is 10.0 Å². The molecule has 1 aromatic heterocycles. The first kappa shape index (κ1) is 15.6. The van der Waals surface area contributed by atoms with Gasteiger partial charge in [0.1, 0.15) is 5.75 Å². The quantitative estimate of drug-likeness (QED) is 0.740. The first-order valence-corrected chi connectivity index (χ1v) is 7.53. The Labute approximate surface area is 143 Å². The molecule has 2 aromatic carbocycles. The highest BCUT2D eigenvalue weighted by Gasteiger charge is 2.15. The minimum absolute atomic E-state index is 0.281. The van der Waals surface area contributed by atoms with E-state index in [1.54, 1.807) is 19.2 Å². The van der Waals surface area contributed by atoms with Gasteiger partial charge in [0.2, 0.25) is 0 Å². The third kappa shape index (κ3) is 2.96. The summed E-state index contributed by atoms with van der Waals surface area (Å²) in [6.45, 7) is 0. The van der Waals surface area contributed by atoms with Crippen LogP contribution in [0.5, 0.6) is 5.75 Å². The number of hydrogen-bond acceptors (Lipinski definition) is 3. The van der Waals surface area contributed by atoms with Gasteiger partial charge in [0.15, 0.2) is 0 Å². The number of nitrogens with one attached hydrogen (secondary N) is 1. The number of carbonyl (C=O) groups excluding carboxylic acids is 1. The van der Waals surface area contributed by atoms with E-state index in [9.17, 15) is 4.79 Å². The van der Waals surface area contributed by atoms with E-state index >= 15 is 0 Å². The number of pyridine rings is 1. The fraction of sp³-hybridized carbons (Fsp3) is 0.0588. The Morgan fingerprint density at radius 3 is 2.35 bits per heavy atom. The summed E-state index contributed by atoms with van der Waals surface area (Å²) in [6, 6.07) is 11.0. The molecule has 0 aliphatic rings. The van der Waals surface area contributed by atoms with Gasteiger partial charge < -0.3 is 10.1 Å². The van der Waals surface area contributed by atoms with Gasteiger partial charge in [-0.15, -0.1) is 0 Å². The molecule has 0 aliphatic carbocycles. The van der Waals surface area contributed by atoms with Gasteiger partial charge >= 0.3 is 0 Å². The average Bonchev–Trinajstić information content (AvgIpc) is 2.57. The van der Waals surface area contributed by atoms with Gasteiger partial charge in [-0.1, -0.05) is 47.5 Å². The van der Waals surface area contributed by atoms with Gasteiger partial charge in [-0.25, -0.2) is 0 Å². The molecule has 6 heteroatoms. The Hall–Kier alpha value is -2.30. The number of hydrogen-bond donors (Lipinski definition) is 1. The lowest BCUT2D eigenvalue weighted by atomic mass is 10.0. The molecule has 3 rings (SSSR count). The number of methoxy groups -OCH3 is 1. The van der Waals surface area contributed by atoms with Crippen molar-refractivity contribution < 1.29 is 9.53 Å². The number of aromatic nitrogens is 1. The monoisotopic (exact) mass is 346 g/mol. The Morgan fingerprint density at radius 1 is 1.04 bits per heavy atom. The molecule has 0 radical (unpaired) electrons. The van der Waals surface area contributed by atoms with Crippen LogP contribution in [0.1, 0.15) is 10.4 Å². The molecule has 0 saturated heterocycles. The van der Waals surface area contributed by atoms with Crippen LogP contribution < -0.4 is 10.1 Å². The maximum atomic E-state index is 12.6. The zero-order chi connectivity index (χ0) is 16.4. The standard InChI is InChI=1S/C17H12Cl2N2O2/c1-23-15-7-6-12(10-4-2-3-5-11(10)15)17(22)21-16-13(18)8-20-9-14(16)19/h2-9H,1H3,(H,20,21,22). The van der Waals surface area contributed by atoms with Crippen molar-refractivity contribution >= 4 is 45.6 Å². The number of rotatable bonds is 3. The summed E-state index contributed by atoms with van der Waals surface area (Å²) in [5.41, 5.74) is 0.846. The van der Waals surface area contributed by atoms with Crippen molar-refractivity contribution in [1.29, 1.82) is 0 Å². The molecule has 0 bridgehead atoms. The molecule has 1 N–H and O–H groups in total.